The minimum absolute atomic E-state index is 0.0667. The van der Waals surface area contributed by atoms with E-state index < -0.39 is 10.0 Å². The molecule has 0 aliphatic rings. The second-order valence-electron chi connectivity index (χ2n) is 5.04. The topological polar surface area (TPSA) is 58.2 Å². The number of rotatable bonds is 7. The smallest absolute Gasteiger partial charge is 0.261 e. The quantitative estimate of drug-likeness (QED) is 0.671. The Balaban J connectivity index is 2.09. The molecule has 0 aliphatic heterocycles. The number of halogens is 2. The molecule has 0 spiro atoms. The van der Waals surface area contributed by atoms with E-state index in [2.05, 4.69) is 17.0 Å². The number of benzene rings is 2. The highest BCUT2D eigenvalue weighted by molar-refractivity contribution is 7.92. The molecule has 0 saturated heterocycles. The maximum Gasteiger partial charge on any atom is 0.261 e. The Hall–Kier alpha value is -1.43. The Morgan fingerprint density at radius 2 is 1.61 bits per heavy atom. The maximum absolute atomic E-state index is 12.3. The molecule has 124 valence electrons. The first-order valence-corrected chi connectivity index (χ1v) is 9.48. The number of sulfonamides is 1. The highest BCUT2D eigenvalue weighted by atomic mass is 35.5. The zero-order chi connectivity index (χ0) is 16.9. The molecule has 0 amide bonds. The number of unbranched alkanes of at least 4 members (excludes halogenated alkanes) is 1. The van der Waals surface area contributed by atoms with Gasteiger partial charge in [-0.3, -0.25) is 4.72 Å². The van der Waals surface area contributed by atoms with Gasteiger partial charge in [-0.05, 0) is 48.9 Å². The third kappa shape index (κ3) is 5.03. The summed E-state index contributed by atoms with van der Waals surface area (Å²) in [7, 11) is -3.70. The average molecular weight is 373 g/mol. The van der Waals surface area contributed by atoms with Crippen LogP contribution in [0.2, 0.25) is 10.0 Å². The molecule has 0 heterocycles. The fourth-order valence-electron chi connectivity index (χ4n) is 1.92. The highest BCUT2D eigenvalue weighted by Crippen LogP contribution is 2.26. The fraction of sp³-hybridized carbons (Fsp3) is 0.250. The van der Waals surface area contributed by atoms with E-state index in [9.17, 15) is 8.42 Å². The lowest BCUT2D eigenvalue weighted by atomic mass is 10.2. The molecule has 0 radical (unpaired) electrons. The second kappa shape index (κ2) is 7.90. The molecular weight excluding hydrogens is 355 g/mol. The molecular formula is C16H18Cl2N2O2S. The molecule has 4 nitrogen and oxygen atoms in total. The molecule has 23 heavy (non-hydrogen) atoms. The molecule has 2 N–H and O–H groups in total. The largest absolute Gasteiger partial charge is 0.385 e. The SMILES string of the molecule is CCCCNc1ccc(NS(=O)(=O)c2ccc(Cl)c(Cl)c2)cc1. The predicted molar refractivity (Wildman–Crippen MR) is 97.1 cm³/mol. The third-order valence-corrected chi connectivity index (χ3v) is 5.32. The fourth-order valence-corrected chi connectivity index (χ4v) is 3.37. The Morgan fingerprint density at radius 3 is 2.22 bits per heavy atom. The standard InChI is InChI=1S/C16H18Cl2N2O2S/c1-2-3-10-19-12-4-6-13(7-5-12)20-23(21,22)14-8-9-15(17)16(18)11-14/h4-9,11,19-20H,2-3,10H2,1H3. The van der Waals surface area contributed by atoms with Crippen LogP contribution in [0.25, 0.3) is 0 Å². The molecule has 2 rings (SSSR count). The lowest BCUT2D eigenvalue weighted by Gasteiger charge is -2.10. The summed E-state index contributed by atoms with van der Waals surface area (Å²) in [6.45, 7) is 3.02. The monoisotopic (exact) mass is 372 g/mol. The lowest BCUT2D eigenvalue weighted by molar-refractivity contribution is 0.601. The van der Waals surface area contributed by atoms with E-state index in [1.54, 1.807) is 12.1 Å². The van der Waals surface area contributed by atoms with E-state index in [-0.39, 0.29) is 9.92 Å². The summed E-state index contributed by atoms with van der Waals surface area (Å²) in [6.07, 6.45) is 2.21. The van der Waals surface area contributed by atoms with Gasteiger partial charge in [0, 0.05) is 17.9 Å². The number of anilines is 2. The van der Waals surface area contributed by atoms with Crippen LogP contribution in [0.15, 0.2) is 47.4 Å². The van der Waals surface area contributed by atoms with Crippen molar-refractivity contribution in [3.05, 3.63) is 52.5 Å². The maximum atomic E-state index is 12.3. The zero-order valence-electron chi connectivity index (χ0n) is 12.6. The van der Waals surface area contributed by atoms with E-state index in [0.717, 1.165) is 25.1 Å². The van der Waals surface area contributed by atoms with Gasteiger partial charge in [-0.2, -0.15) is 0 Å². The Morgan fingerprint density at radius 1 is 0.957 bits per heavy atom. The molecule has 2 aromatic carbocycles. The van der Waals surface area contributed by atoms with Crippen molar-refractivity contribution in [3.8, 4) is 0 Å². The molecule has 0 unspecified atom stereocenters. The second-order valence-corrected chi connectivity index (χ2v) is 7.54. The summed E-state index contributed by atoms with van der Waals surface area (Å²) >= 11 is 11.7. The summed E-state index contributed by atoms with van der Waals surface area (Å²) in [5, 5.41) is 3.78. The van der Waals surface area contributed by atoms with Crippen LogP contribution in [0.4, 0.5) is 11.4 Å². The van der Waals surface area contributed by atoms with Gasteiger partial charge in [0.1, 0.15) is 0 Å². The van der Waals surface area contributed by atoms with Gasteiger partial charge >= 0.3 is 0 Å². The van der Waals surface area contributed by atoms with E-state index in [1.807, 2.05) is 12.1 Å². The van der Waals surface area contributed by atoms with Gasteiger partial charge in [-0.1, -0.05) is 36.5 Å². The van der Waals surface area contributed by atoms with Crippen molar-refractivity contribution in [1.29, 1.82) is 0 Å². The summed E-state index contributed by atoms with van der Waals surface area (Å²) in [6, 6.07) is 11.3. The molecule has 0 aromatic heterocycles. The van der Waals surface area contributed by atoms with Crippen molar-refractivity contribution < 1.29 is 8.42 Å². The normalized spacial score (nSPS) is 11.3. The first-order chi connectivity index (χ1) is 10.9. The summed E-state index contributed by atoms with van der Waals surface area (Å²) < 4.78 is 27.2. The molecule has 0 saturated carbocycles. The number of hydrogen-bond donors (Lipinski definition) is 2. The van der Waals surface area contributed by atoms with Crippen molar-refractivity contribution in [2.24, 2.45) is 0 Å². The average Bonchev–Trinajstić information content (AvgIpc) is 2.51. The molecule has 2 aromatic rings. The van der Waals surface area contributed by atoms with Gasteiger partial charge in [0.15, 0.2) is 0 Å². The van der Waals surface area contributed by atoms with Gasteiger partial charge in [0.05, 0.1) is 14.9 Å². The van der Waals surface area contributed by atoms with Gasteiger partial charge in [-0.25, -0.2) is 8.42 Å². The first-order valence-electron chi connectivity index (χ1n) is 7.24. The van der Waals surface area contributed by atoms with Gasteiger partial charge < -0.3 is 5.32 Å². The predicted octanol–water partition coefficient (Wildman–Crippen LogP) is 5.01. The minimum atomic E-state index is -3.70. The van der Waals surface area contributed by atoms with Crippen molar-refractivity contribution in [3.63, 3.8) is 0 Å². The van der Waals surface area contributed by atoms with Gasteiger partial charge in [0.25, 0.3) is 10.0 Å². The van der Waals surface area contributed by atoms with E-state index in [0.29, 0.717) is 10.7 Å². The van der Waals surface area contributed by atoms with Crippen molar-refractivity contribution >= 4 is 44.6 Å². The van der Waals surface area contributed by atoms with Crippen LogP contribution in [0.1, 0.15) is 19.8 Å². The lowest BCUT2D eigenvalue weighted by Crippen LogP contribution is -2.13. The van der Waals surface area contributed by atoms with Crippen molar-refractivity contribution in [2.75, 3.05) is 16.6 Å². The number of hydrogen-bond acceptors (Lipinski definition) is 3. The van der Waals surface area contributed by atoms with Crippen LogP contribution in [0.5, 0.6) is 0 Å². The molecule has 7 heteroatoms. The third-order valence-electron chi connectivity index (χ3n) is 3.20. The summed E-state index contributed by atoms with van der Waals surface area (Å²) in [5.41, 5.74) is 1.44. The van der Waals surface area contributed by atoms with E-state index in [1.165, 1.54) is 18.2 Å². The Labute approximate surface area is 146 Å². The van der Waals surface area contributed by atoms with Crippen LogP contribution in [-0.4, -0.2) is 15.0 Å². The zero-order valence-corrected chi connectivity index (χ0v) is 15.0. The van der Waals surface area contributed by atoms with Crippen LogP contribution in [0, 0.1) is 0 Å². The van der Waals surface area contributed by atoms with E-state index >= 15 is 0 Å². The summed E-state index contributed by atoms with van der Waals surface area (Å²) in [4.78, 5) is 0.0667. The molecule has 0 atom stereocenters. The Bertz CT molecular complexity index is 762. The Kier molecular flexibility index (Phi) is 6.16. The highest BCUT2D eigenvalue weighted by Gasteiger charge is 2.15. The minimum Gasteiger partial charge on any atom is -0.385 e. The van der Waals surface area contributed by atoms with E-state index in [4.69, 9.17) is 23.2 Å². The van der Waals surface area contributed by atoms with Crippen LogP contribution in [0.3, 0.4) is 0 Å². The van der Waals surface area contributed by atoms with Crippen LogP contribution < -0.4 is 10.0 Å². The summed E-state index contributed by atoms with van der Waals surface area (Å²) in [5.74, 6) is 0. The molecule has 0 aliphatic carbocycles. The van der Waals surface area contributed by atoms with Gasteiger partial charge in [-0.15, -0.1) is 0 Å². The first kappa shape index (κ1) is 17.9. The molecule has 0 bridgehead atoms. The van der Waals surface area contributed by atoms with Crippen LogP contribution in [-0.2, 0) is 10.0 Å². The van der Waals surface area contributed by atoms with Crippen molar-refractivity contribution in [2.45, 2.75) is 24.7 Å². The molecule has 0 fully saturated rings. The number of nitrogens with one attached hydrogen (secondary N) is 2. The van der Waals surface area contributed by atoms with Crippen LogP contribution >= 0.6 is 23.2 Å². The van der Waals surface area contributed by atoms with Crippen molar-refractivity contribution in [1.82, 2.24) is 0 Å². The van der Waals surface area contributed by atoms with Gasteiger partial charge in [0.2, 0.25) is 0 Å².